The Morgan fingerprint density at radius 3 is 2.67 bits per heavy atom. The molecule has 0 radical (unpaired) electrons. The molecule has 0 aliphatic rings. The molecule has 4 nitrogen and oxygen atoms in total. The Morgan fingerprint density at radius 1 is 1.28 bits per heavy atom. The normalized spacial score (nSPS) is 11.9. The van der Waals surface area contributed by atoms with E-state index < -0.39 is 0 Å². The Morgan fingerprint density at radius 2 is 2.06 bits per heavy atom. The first-order valence-electron chi connectivity index (χ1n) is 5.94. The van der Waals surface area contributed by atoms with Gasteiger partial charge in [-0.1, -0.05) is 12.1 Å². The molecule has 0 aromatic heterocycles. The molecule has 0 aliphatic carbocycles. The van der Waals surface area contributed by atoms with E-state index in [0.29, 0.717) is 6.42 Å². The number of esters is 1. The van der Waals surface area contributed by atoms with E-state index in [1.807, 2.05) is 24.3 Å². The molecule has 1 rings (SSSR count). The van der Waals surface area contributed by atoms with Crippen LogP contribution in [0.5, 0.6) is 5.75 Å². The number of carbonyl (C=O) groups is 1. The van der Waals surface area contributed by atoms with Gasteiger partial charge in [0.1, 0.15) is 5.75 Å². The average Bonchev–Trinajstić information content (AvgIpc) is 2.43. The van der Waals surface area contributed by atoms with Gasteiger partial charge in [-0.05, 0) is 30.5 Å². The van der Waals surface area contributed by atoms with E-state index >= 15 is 0 Å². The number of hydrogen-bond donors (Lipinski definition) is 0. The van der Waals surface area contributed by atoms with Crippen LogP contribution in [0.4, 0.5) is 0 Å². The van der Waals surface area contributed by atoms with Crippen LogP contribution in [-0.2, 0) is 14.3 Å². The molecular formula is C14H20O4. The van der Waals surface area contributed by atoms with Gasteiger partial charge in [-0.25, -0.2) is 0 Å². The second kappa shape index (κ2) is 7.71. The maximum absolute atomic E-state index is 11.0. The molecule has 100 valence electrons. The molecule has 18 heavy (non-hydrogen) atoms. The van der Waals surface area contributed by atoms with Gasteiger partial charge in [-0.3, -0.25) is 4.79 Å². The van der Waals surface area contributed by atoms with Crippen molar-refractivity contribution in [3.63, 3.8) is 0 Å². The van der Waals surface area contributed by atoms with Gasteiger partial charge in [0.25, 0.3) is 0 Å². The molecule has 4 heteroatoms. The van der Waals surface area contributed by atoms with Gasteiger partial charge in [-0.15, -0.1) is 0 Å². The molecule has 1 atom stereocenters. The van der Waals surface area contributed by atoms with Crippen molar-refractivity contribution in [2.45, 2.75) is 25.4 Å². The summed E-state index contributed by atoms with van der Waals surface area (Å²) >= 11 is 0. The predicted octanol–water partition coefficient (Wildman–Crippen LogP) is 2.73. The molecule has 0 N–H and O–H groups in total. The smallest absolute Gasteiger partial charge is 0.305 e. The van der Waals surface area contributed by atoms with Crippen molar-refractivity contribution >= 4 is 5.97 Å². The van der Waals surface area contributed by atoms with Crippen molar-refractivity contribution < 1.29 is 19.0 Å². The van der Waals surface area contributed by atoms with Gasteiger partial charge in [0.15, 0.2) is 0 Å². The lowest BCUT2D eigenvalue weighted by Gasteiger charge is -2.16. The highest BCUT2D eigenvalue weighted by atomic mass is 16.5. The lowest BCUT2D eigenvalue weighted by Crippen LogP contribution is -2.05. The fourth-order valence-electron chi connectivity index (χ4n) is 1.80. The highest BCUT2D eigenvalue weighted by molar-refractivity contribution is 5.68. The summed E-state index contributed by atoms with van der Waals surface area (Å²) in [5.41, 5.74) is 1.06. The lowest BCUT2D eigenvalue weighted by molar-refractivity contribution is -0.140. The van der Waals surface area contributed by atoms with Crippen LogP contribution in [-0.4, -0.2) is 27.3 Å². The monoisotopic (exact) mass is 252 g/mol. The standard InChI is InChI=1S/C14H20O4/c1-16-12-7-4-6-11(10-12)13(17-2)8-5-9-14(15)18-3/h4,6-7,10,13H,5,8-9H2,1-3H3/t13-/m0/s1. The zero-order valence-corrected chi connectivity index (χ0v) is 11.1. The number of carbonyl (C=O) groups excluding carboxylic acids is 1. The van der Waals surface area contributed by atoms with Crippen LogP contribution in [0.2, 0.25) is 0 Å². The first-order valence-corrected chi connectivity index (χ1v) is 5.94. The van der Waals surface area contributed by atoms with Crippen LogP contribution in [0.3, 0.4) is 0 Å². The molecule has 0 heterocycles. The third kappa shape index (κ3) is 4.37. The summed E-state index contributed by atoms with van der Waals surface area (Å²) in [4.78, 5) is 11.0. The molecule has 0 unspecified atom stereocenters. The zero-order valence-electron chi connectivity index (χ0n) is 11.1. The minimum Gasteiger partial charge on any atom is -0.497 e. The van der Waals surface area contributed by atoms with Crippen LogP contribution in [0.25, 0.3) is 0 Å². The van der Waals surface area contributed by atoms with Crippen LogP contribution in [0.1, 0.15) is 30.9 Å². The van der Waals surface area contributed by atoms with Crippen molar-refractivity contribution in [3.05, 3.63) is 29.8 Å². The Kier molecular flexibility index (Phi) is 6.22. The minimum absolute atomic E-state index is 0.0234. The topological polar surface area (TPSA) is 44.8 Å². The molecule has 0 saturated heterocycles. The molecule has 0 amide bonds. The Labute approximate surface area is 108 Å². The van der Waals surface area contributed by atoms with E-state index in [1.165, 1.54) is 7.11 Å². The van der Waals surface area contributed by atoms with E-state index in [4.69, 9.17) is 9.47 Å². The molecule has 1 aromatic carbocycles. The quantitative estimate of drug-likeness (QED) is 0.700. The fourth-order valence-corrected chi connectivity index (χ4v) is 1.80. The van der Waals surface area contributed by atoms with E-state index in [1.54, 1.807) is 14.2 Å². The largest absolute Gasteiger partial charge is 0.497 e. The molecule has 0 fully saturated rings. The fraction of sp³-hybridized carbons (Fsp3) is 0.500. The Bertz CT molecular complexity index is 376. The maximum Gasteiger partial charge on any atom is 0.305 e. The summed E-state index contributed by atoms with van der Waals surface area (Å²) in [6.07, 6.45) is 1.91. The summed E-state index contributed by atoms with van der Waals surface area (Å²) in [5, 5.41) is 0. The number of methoxy groups -OCH3 is 3. The van der Waals surface area contributed by atoms with Gasteiger partial charge in [0, 0.05) is 13.5 Å². The van der Waals surface area contributed by atoms with Crippen molar-refractivity contribution in [1.82, 2.24) is 0 Å². The highest BCUT2D eigenvalue weighted by Crippen LogP contribution is 2.25. The summed E-state index contributed by atoms with van der Waals surface area (Å²) in [5.74, 6) is 0.623. The van der Waals surface area contributed by atoms with E-state index in [-0.39, 0.29) is 12.1 Å². The van der Waals surface area contributed by atoms with Crippen LogP contribution >= 0.6 is 0 Å². The zero-order chi connectivity index (χ0) is 13.4. The summed E-state index contributed by atoms with van der Waals surface area (Å²) < 4.78 is 15.2. The SMILES string of the molecule is COC(=O)CCC[C@H](OC)c1cccc(OC)c1. The molecular weight excluding hydrogens is 232 g/mol. The summed E-state index contributed by atoms with van der Waals surface area (Å²) in [6, 6.07) is 7.77. The maximum atomic E-state index is 11.0. The van der Waals surface area contributed by atoms with E-state index in [9.17, 15) is 4.79 Å². The number of benzene rings is 1. The summed E-state index contributed by atoms with van der Waals surface area (Å²) in [7, 11) is 4.71. The molecule has 0 saturated carbocycles. The van der Waals surface area contributed by atoms with Gasteiger partial charge in [-0.2, -0.15) is 0 Å². The van der Waals surface area contributed by atoms with E-state index in [0.717, 1.165) is 24.2 Å². The lowest BCUT2D eigenvalue weighted by atomic mass is 10.0. The van der Waals surface area contributed by atoms with Crippen molar-refractivity contribution in [2.24, 2.45) is 0 Å². The molecule has 1 aromatic rings. The second-order valence-corrected chi connectivity index (χ2v) is 3.97. The first-order chi connectivity index (χ1) is 8.71. The number of rotatable bonds is 7. The van der Waals surface area contributed by atoms with Gasteiger partial charge < -0.3 is 14.2 Å². The second-order valence-electron chi connectivity index (χ2n) is 3.97. The minimum atomic E-state index is -0.185. The van der Waals surface area contributed by atoms with Gasteiger partial charge in [0.05, 0.1) is 20.3 Å². The first kappa shape index (κ1) is 14.5. The van der Waals surface area contributed by atoms with Crippen molar-refractivity contribution in [1.29, 1.82) is 0 Å². The van der Waals surface area contributed by atoms with Gasteiger partial charge >= 0.3 is 5.97 Å². The number of hydrogen-bond acceptors (Lipinski definition) is 4. The van der Waals surface area contributed by atoms with Gasteiger partial charge in [0.2, 0.25) is 0 Å². The average molecular weight is 252 g/mol. The van der Waals surface area contributed by atoms with Crippen LogP contribution < -0.4 is 4.74 Å². The van der Waals surface area contributed by atoms with Crippen molar-refractivity contribution in [2.75, 3.05) is 21.3 Å². The van der Waals surface area contributed by atoms with E-state index in [2.05, 4.69) is 4.74 Å². The highest BCUT2D eigenvalue weighted by Gasteiger charge is 2.12. The molecule has 0 bridgehead atoms. The third-order valence-corrected chi connectivity index (χ3v) is 2.82. The molecule has 0 spiro atoms. The molecule has 0 aliphatic heterocycles. The van der Waals surface area contributed by atoms with Crippen LogP contribution in [0.15, 0.2) is 24.3 Å². The Balaban J connectivity index is 2.56. The Hall–Kier alpha value is -1.55. The number of ether oxygens (including phenoxy) is 3. The summed E-state index contributed by atoms with van der Waals surface area (Å²) in [6.45, 7) is 0. The van der Waals surface area contributed by atoms with Crippen LogP contribution in [0, 0.1) is 0 Å². The predicted molar refractivity (Wildman–Crippen MR) is 68.6 cm³/mol. The third-order valence-electron chi connectivity index (χ3n) is 2.82. The van der Waals surface area contributed by atoms with Crippen molar-refractivity contribution in [3.8, 4) is 5.75 Å².